The molecule has 0 amide bonds. The Bertz CT molecular complexity index is 760. The van der Waals surface area contributed by atoms with E-state index in [1.54, 1.807) is 0 Å². The van der Waals surface area contributed by atoms with Crippen LogP contribution in [0.3, 0.4) is 0 Å². The van der Waals surface area contributed by atoms with Crippen LogP contribution in [0.4, 0.5) is 8.78 Å². The second kappa shape index (κ2) is 6.34. The summed E-state index contributed by atoms with van der Waals surface area (Å²) >= 11 is 0. The molecule has 0 saturated heterocycles. The Hall–Kier alpha value is -2.76. The predicted octanol–water partition coefficient (Wildman–Crippen LogP) is 3.64. The molecule has 0 fully saturated rings. The molecule has 0 aliphatic heterocycles. The van der Waals surface area contributed by atoms with Crippen LogP contribution >= 0.6 is 0 Å². The van der Waals surface area contributed by atoms with Gasteiger partial charge < -0.3 is 9.15 Å². The van der Waals surface area contributed by atoms with Gasteiger partial charge in [-0.25, -0.2) is 8.78 Å². The van der Waals surface area contributed by atoms with Gasteiger partial charge in [-0.2, -0.15) is 0 Å². The van der Waals surface area contributed by atoms with Gasteiger partial charge >= 0.3 is 0 Å². The predicted molar refractivity (Wildman–Crippen MR) is 75.3 cm³/mol. The number of rotatable bonds is 5. The molecular weight excluding hydrogens is 290 g/mol. The molecular formula is C16H12F2N2O2. The molecule has 2 aromatic carbocycles. The monoisotopic (exact) mass is 302 g/mol. The van der Waals surface area contributed by atoms with Gasteiger partial charge in [-0.05, 0) is 24.3 Å². The molecule has 0 N–H and O–H groups in total. The van der Waals surface area contributed by atoms with Crippen molar-refractivity contribution in [1.29, 1.82) is 0 Å². The Morgan fingerprint density at radius 1 is 1.00 bits per heavy atom. The van der Waals surface area contributed by atoms with E-state index in [0.717, 1.165) is 17.7 Å². The minimum atomic E-state index is -0.740. The minimum absolute atomic E-state index is 0.0100. The fraction of sp³-hybridized carbons (Fsp3) is 0.125. The SMILES string of the molecule is Fc1ccc(OCCc2nnc(-c3ccccc3)o2)c(F)c1. The van der Waals surface area contributed by atoms with Gasteiger partial charge in [0.25, 0.3) is 0 Å². The molecule has 0 spiro atoms. The third-order valence-corrected chi connectivity index (χ3v) is 2.96. The second-order valence-corrected chi connectivity index (χ2v) is 4.54. The van der Waals surface area contributed by atoms with Crippen molar-refractivity contribution >= 4 is 0 Å². The molecule has 22 heavy (non-hydrogen) atoms. The molecule has 112 valence electrons. The summed E-state index contributed by atoms with van der Waals surface area (Å²) in [4.78, 5) is 0. The molecule has 0 bridgehead atoms. The van der Waals surface area contributed by atoms with Crippen molar-refractivity contribution in [2.24, 2.45) is 0 Å². The zero-order chi connectivity index (χ0) is 15.4. The molecule has 0 radical (unpaired) electrons. The van der Waals surface area contributed by atoms with Crippen LogP contribution in [0.2, 0.25) is 0 Å². The number of hydrogen-bond donors (Lipinski definition) is 0. The molecule has 3 aromatic rings. The second-order valence-electron chi connectivity index (χ2n) is 4.54. The summed E-state index contributed by atoms with van der Waals surface area (Å²) in [6.45, 7) is 0.152. The topological polar surface area (TPSA) is 48.2 Å². The van der Waals surface area contributed by atoms with Gasteiger partial charge in [0.15, 0.2) is 11.6 Å². The maximum Gasteiger partial charge on any atom is 0.247 e. The fourth-order valence-corrected chi connectivity index (χ4v) is 1.89. The Morgan fingerprint density at radius 3 is 2.59 bits per heavy atom. The summed E-state index contributed by atoms with van der Waals surface area (Å²) in [7, 11) is 0. The van der Waals surface area contributed by atoms with Crippen LogP contribution in [-0.4, -0.2) is 16.8 Å². The molecule has 0 saturated carbocycles. The number of benzene rings is 2. The molecule has 1 aromatic heterocycles. The van der Waals surface area contributed by atoms with Crippen LogP contribution < -0.4 is 4.74 Å². The normalized spacial score (nSPS) is 10.6. The van der Waals surface area contributed by atoms with Crippen molar-refractivity contribution in [1.82, 2.24) is 10.2 Å². The van der Waals surface area contributed by atoms with E-state index >= 15 is 0 Å². The number of ether oxygens (including phenoxy) is 1. The van der Waals surface area contributed by atoms with Gasteiger partial charge in [0, 0.05) is 11.6 Å². The first kappa shape index (κ1) is 14.2. The Kier molecular flexibility index (Phi) is 4.09. The van der Waals surface area contributed by atoms with E-state index in [0.29, 0.717) is 18.2 Å². The molecule has 0 aliphatic carbocycles. The van der Waals surface area contributed by atoms with Crippen LogP contribution in [0, 0.1) is 11.6 Å². The summed E-state index contributed by atoms with van der Waals surface area (Å²) < 4.78 is 36.9. The molecule has 0 unspecified atom stereocenters. The van der Waals surface area contributed by atoms with Crippen LogP contribution in [0.1, 0.15) is 5.89 Å². The van der Waals surface area contributed by atoms with E-state index in [2.05, 4.69) is 10.2 Å². The third kappa shape index (κ3) is 3.28. The summed E-state index contributed by atoms with van der Waals surface area (Å²) in [5.74, 6) is -0.584. The van der Waals surface area contributed by atoms with Crippen LogP contribution in [0.15, 0.2) is 52.9 Å². The van der Waals surface area contributed by atoms with E-state index in [-0.39, 0.29) is 12.4 Å². The first-order valence-electron chi connectivity index (χ1n) is 6.68. The van der Waals surface area contributed by atoms with Gasteiger partial charge in [0.1, 0.15) is 5.82 Å². The first-order chi connectivity index (χ1) is 10.7. The standard InChI is InChI=1S/C16H12F2N2O2/c17-12-6-7-14(13(18)10-12)21-9-8-15-19-20-16(22-15)11-4-2-1-3-5-11/h1-7,10H,8-9H2. The lowest BCUT2D eigenvalue weighted by Crippen LogP contribution is -2.03. The largest absolute Gasteiger partial charge is 0.490 e. The van der Waals surface area contributed by atoms with Gasteiger partial charge in [-0.1, -0.05) is 18.2 Å². The lowest BCUT2D eigenvalue weighted by molar-refractivity contribution is 0.292. The smallest absolute Gasteiger partial charge is 0.247 e. The molecule has 4 nitrogen and oxygen atoms in total. The number of halogens is 2. The summed E-state index contributed by atoms with van der Waals surface area (Å²) in [5, 5.41) is 7.86. The van der Waals surface area contributed by atoms with E-state index < -0.39 is 11.6 Å². The highest BCUT2D eigenvalue weighted by Gasteiger charge is 2.09. The zero-order valence-corrected chi connectivity index (χ0v) is 11.5. The minimum Gasteiger partial charge on any atom is -0.490 e. The van der Waals surface area contributed by atoms with E-state index in [1.807, 2.05) is 30.3 Å². The van der Waals surface area contributed by atoms with Gasteiger partial charge in [-0.15, -0.1) is 10.2 Å². The van der Waals surface area contributed by atoms with Gasteiger partial charge in [0.05, 0.1) is 13.0 Å². The third-order valence-electron chi connectivity index (χ3n) is 2.96. The Labute approximate surface area is 125 Å². The highest BCUT2D eigenvalue weighted by Crippen LogP contribution is 2.19. The lowest BCUT2D eigenvalue weighted by Gasteiger charge is -2.05. The van der Waals surface area contributed by atoms with Crippen molar-refractivity contribution in [2.75, 3.05) is 6.61 Å². The Morgan fingerprint density at radius 2 is 1.82 bits per heavy atom. The average molecular weight is 302 g/mol. The molecule has 0 aliphatic rings. The summed E-state index contributed by atoms with van der Waals surface area (Å²) in [5.41, 5.74) is 0.826. The van der Waals surface area contributed by atoms with Crippen molar-refractivity contribution in [3.8, 4) is 17.2 Å². The summed E-state index contributed by atoms with van der Waals surface area (Å²) in [6.07, 6.45) is 0.330. The van der Waals surface area contributed by atoms with Crippen molar-refractivity contribution < 1.29 is 17.9 Å². The number of aromatic nitrogens is 2. The maximum atomic E-state index is 13.4. The molecule has 6 heteroatoms. The highest BCUT2D eigenvalue weighted by molar-refractivity contribution is 5.51. The Balaban J connectivity index is 1.59. The highest BCUT2D eigenvalue weighted by atomic mass is 19.1. The van der Waals surface area contributed by atoms with Crippen molar-refractivity contribution in [3.05, 3.63) is 66.1 Å². The van der Waals surface area contributed by atoms with Crippen molar-refractivity contribution in [2.45, 2.75) is 6.42 Å². The fourth-order valence-electron chi connectivity index (χ4n) is 1.89. The maximum absolute atomic E-state index is 13.4. The van der Waals surface area contributed by atoms with Crippen LogP contribution in [0.5, 0.6) is 5.75 Å². The van der Waals surface area contributed by atoms with Gasteiger partial charge in [-0.3, -0.25) is 0 Å². The lowest BCUT2D eigenvalue weighted by atomic mass is 10.2. The molecule has 0 atom stereocenters. The van der Waals surface area contributed by atoms with Gasteiger partial charge in [0.2, 0.25) is 11.8 Å². The molecule has 3 rings (SSSR count). The zero-order valence-electron chi connectivity index (χ0n) is 11.5. The van der Waals surface area contributed by atoms with Crippen LogP contribution in [0.25, 0.3) is 11.5 Å². The molecule has 1 heterocycles. The van der Waals surface area contributed by atoms with E-state index in [9.17, 15) is 8.78 Å². The van der Waals surface area contributed by atoms with E-state index in [4.69, 9.17) is 9.15 Å². The number of nitrogens with zero attached hydrogens (tertiary/aromatic N) is 2. The average Bonchev–Trinajstić information content (AvgIpc) is 2.99. The van der Waals surface area contributed by atoms with E-state index in [1.165, 1.54) is 6.07 Å². The van der Waals surface area contributed by atoms with Crippen molar-refractivity contribution in [3.63, 3.8) is 0 Å². The quantitative estimate of drug-likeness (QED) is 0.722. The summed E-state index contributed by atoms with van der Waals surface area (Å²) in [6, 6.07) is 12.5. The number of hydrogen-bond acceptors (Lipinski definition) is 4. The van der Waals surface area contributed by atoms with Crippen LogP contribution in [-0.2, 0) is 6.42 Å². The first-order valence-corrected chi connectivity index (χ1v) is 6.68.